The number of benzene rings is 2. The highest BCUT2D eigenvalue weighted by atomic mass is 16.7. The summed E-state index contributed by atoms with van der Waals surface area (Å²) in [6.07, 6.45) is -0.794. The van der Waals surface area contributed by atoms with Gasteiger partial charge in [0.25, 0.3) is 0 Å². The van der Waals surface area contributed by atoms with E-state index in [9.17, 15) is 9.59 Å². The van der Waals surface area contributed by atoms with Gasteiger partial charge in [0.05, 0.1) is 12.0 Å². The average molecular weight is 324 g/mol. The molecule has 1 heterocycles. The summed E-state index contributed by atoms with van der Waals surface area (Å²) in [5, 5.41) is 0.464. The highest BCUT2D eigenvalue weighted by Gasteiger charge is 2.13. The minimum absolute atomic E-state index is 0.143. The molecule has 0 saturated carbocycles. The van der Waals surface area contributed by atoms with Crippen LogP contribution in [0.25, 0.3) is 22.3 Å². The van der Waals surface area contributed by atoms with E-state index < -0.39 is 6.16 Å². The van der Waals surface area contributed by atoms with Crippen LogP contribution < -0.4 is 10.2 Å². The molecule has 3 rings (SSSR count). The summed E-state index contributed by atoms with van der Waals surface area (Å²) >= 11 is 0. The Morgan fingerprint density at radius 3 is 2.58 bits per heavy atom. The Bertz CT molecular complexity index is 941. The van der Waals surface area contributed by atoms with E-state index >= 15 is 0 Å². The Balaban J connectivity index is 2.11. The van der Waals surface area contributed by atoms with E-state index in [-0.39, 0.29) is 17.8 Å². The van der Waals surface area contributed by atoms with Crippen LogP contribution in [0.5, 0.6) is 5.75 Å². The third-order valence-corrected chi connectivity index (χ3v) is 3.52. The highest BCUT2D eigenvalue weighted by Crippen LogP contribution is 2.27. The molecule has 0 bridgehead atoms. The Morgan fingerprint density at radius 1 is 1.12 bits per heavy atom. The minimum atomic E-state index is -0.794. The molecule has 0 amide bonds. The first-order valence-electron chi connectivity index (χ1n) is 7.57. The molecule has 0 unspecified atom stereocenters. The fourth-order valence-electron chi connectivity index (χ4n) is 2.51. The topological polar surface area (TPSA) is 65.7 Å². The molecule has 3 aromatic rings. The number of carbonyl (C=O) groups excluding carboxylic acids is 1. The van der Waals surface area contributed by atoms with Crippen molar-refractivity contribution in [1.29, 1.82) is 0 Å². The molecule has 24 heavy (non-hydrogen) atoms. The zero-order chi connectivity index (χ0) is 17.1. The number of ether oxygens (including phenoxy) is 2. The van der Waals surface area contributed by atoms with Gasteiger partial charge in [0, 0.05) is 17.7 Å². The van der Waals surface area contributed by atoms with Gasteiger partial charge in [0.1, 0.15) is 17.1 Å². The molecule has 0 spiro atoms. The average Bonchev–Trinajstić information content (AvgIpc) is 2.55. The first-order valence-corrected chi connectivity index (χ1v) is 7.57. The molecule has 1 aromatic heterocycles. The molecule has 0 atom stereocenters. The quantitative estimate of drug-likeness (QED) is 0.531. The molecule has 2 aromatic carbocycles. The molecule has 0 aliphatic rings. The van der Waals surface area contributed by atoms with E-state index in [1.807, 2.05) is 30.3 Å². The highest BCUT2D eigenvalue weighted by molar-refractivity contribution is 5.84. The fraction of sp³-hybridized carbons (Fsp3) is 0.158. The largest absolute Gasteiger partial charge is 0.513 e. The third kappa shape index (κ3) is 3.15. The van der Waals surface area contributed by atoms with Gasteiger partial charge < -0.3 is 13.9 Å². The van der Waals surface area contributed by atoms with Crippen molar-refractivity contribution in [1.82, 2.24) is 0 Å². The number of fused-ring (bicyclic) bond motifs is 1. The van der Waals surface area contributed by atoms with Crippen LogP contribution in [-0.2, 0) is 4.74 Å². The summed E-state index contributed by atoms with van der Waals surface area (Å²) in [6.45, 7) is 3.68. The Morgan fingerprint density at radius 2 is 1.88 bits per heavy atom. The molecule has 0 aliphatic heterocycles. The second-order valence-electron chi connectivity index (χ2n) is 5.24. The molecule has 0 N–H and O–H groups in total. The molecule has 0 radical (unpaired) electrons. The zero-order valence-corrected chi connectivity index (χ0v) is 13.4. The Labute approximate surface area is 138 Å². The van der Waals surface area contributed by atoms with Gasteiger partial charge in [-0.2, -0.15) is 0 Å². The lowest BCUT2D eigenvalue weighted by molar-refractivity contribution is 0.104. The lowest BCUT2D eigenvalue weighted by Crippen LogP contribution is -2.10. The van der Waals surface area contributed by atoms with Gasteiger partial charge in [0.2, 0.25) is 0 Å². The van der Waals surface area contributed by atoms with Crippen LogP contribution >= 0.6 is 0 Å². The molecule has 5 nitrogen and oxygen atoms in total. The SMILES string of the molecule is CCOC(=O)Oc1cc(C)c2c(=O)cc(-c3ccccc3)oc2c1. The standard InChI is InChI=1S/C19H16O5/c1-3-22-19(21)23-14-9-12(2)18-15(20)11-16(24-17(18)10-14)13-7-5-4-6-8-13/h4-11H,3H2,1-2H3. The van der Waals surface area contributed by atoms with Gasteiger partial charge in [-0.3, -0.25) is 4.79 Å². The maximum absolute atomic E-state index is 12.4. The van der Waals surface area contributed by atoms with Crippen LogP contribution in [0.2, 0.25) is 0 Å². The first-order chi connectivity index (χ1) is 11.6. The van der Waals surface area contributed by atoms with Gasteiger partial charge >= 0.3 is 6.16 Å². The molecule has 5 heteroatoms. The predicted molar refractivity (Wildman–Crippen MR) is 90.3 cm³/mol. The fourth-order valence-corrected chi connectivity index (χ4v) is 2.51. The Hall–Kier alpha value is -3.08. The van der Waals surface area contributed by atoms with Crippen molar-refractivity contribution in [3.63, 3.8) is 0 Å². The van der Waals surface area contributed by atoms with Crippen LogP contribution in [0.1, 0.15) is 12.5 Å². The zero-order valence-electron chi connectivity index (χ0n) is 13.4. The number of hydrogen-bond acceptors (Lipinski definition) is 5. The van der Waals surface area contributed by atoms with Crippen molar-refractivity contribution in [3.05, 3.63) is 64.3 Å². The van der Waals surface area contributed by atoms with E-state index in [0.29, 0.717) is 22.3 Å². The summed E-state index contributed by atoms with van der Waals surface area (Å²) < 4.78 is 15.7. The molecular formula is C19H16O5. The number of carbonyl (C=O) groups is 1. The van der Waals surface area contributed by atoms with E-state index in [2.05, 4.69) is 0 Å². The van der Waals surface area contributed by atoms with Crippen molar-refractivity contribution in [3.8, 4) is 17.1 Å². The summed E-state index contributed by atoms with van der Waals surface area (Å²) in [7, 11) is 0. The van der Waals surface area contributed by atoms with Gasteiger partial charge in [0.15, 0.2) is 5.43 Å². The number of aryl methyl sites for hydroxylation is 1. The van der Waals surface area contributed by atoms with Crippen LogP contribution in [0, 0.1) is 6.92 Å². The van der Waals surface area contributed by atoms with E-state index in [1.54, 1.807) is 19.9 Å². The lowest BCUT2D eigenvalue weighted by atomic mass is 10.1. The summed E-state index contributed by atoms with van der Waals surface area (Å²) in [6, 6.07) is 13.9. The predicted octanol–water partition coefficient (Wildman–Crippen LogP) is 4.30. The van der Waals surface area contributed by atoms with Gasteiger partial charge in [-0.15, -0.1) is 0 Å². The third-order valence-electron chi connectivity index (χ3n) is 3.52. The first kappa shape index (κ1) is 15.8. The monoisotopic (exact) mass is 324 g/mol. The van der Waals surface area contributed by atoms with E-state index in [1.165, 1.54) is 12.1 Å². The smallest absolute Gasteiger partial charge is 0.456 e. The van der Waals surface area contributed by atoms with Crippen molar-refractivity contribution >= 4 is 17.1 Å². The van der Waals surface area contributed by atoms with Gasteiger partial charge in [-0.1, -0.05) is 30.3 Å². The molecule has 0 saturated heterocycles. The molecular weight excluding hydrogens is 308 g/mol. The molecule has 0 aliphatic carbocycles. The second kappa shape index (κ2) is 6.58. The van der Waals surface area contributed by atoms with Crippen LogP contribution in [0.4, 0.5) is 4.79 Å². The van der Waals surface area contributed by atoms with Crippen LogP contribution in [0.15, 0.2) is 57.7 Å². The maximum Gasteiger partial charge on any atom is 0.513 e. The minimum Gasteiger partial charge on any atom is -0.456 e. The van der Waals surface area contributed by atoms with Gasteiger partial charge in [-0.25, -0.2) is 4.79 Å². The lowest BCUT2D eigenvalue weighted by Gasteiger charge is -2.08. The van der Waals surface area contributed by atoms with E-state index in [0.717, 1.165) is 5.56 Å². The number of hydrogen-bond donors (Lipinski definition) is 0. The van der Waals surface area contributed by atoms with Crippen LogP contribution in [0.3, 0.4) is 0 Å². The molecule has 0 fully saturated rings. The summed E-state index contributed by atoms with van der Waals surface area (Å²) in [4.78, 5) is 23.9. The summed E-state index contributed by atoms with van der Waals surface area (Å²) in [5.74, 6) is 0.729. The van der Waals surface area contributed by atoms with Gasteiger partial charge in [-0.05, 0) is 25.5 Å². The maximum atomic E-state index is 12.4. The second-order valence-corrected chi connectivity index (χ2v) is 5.24. The van der Waals surface area contributed by atoms with Crippen LogP contribution in [-0.4, -0.2) is 12.8 Å². The number of rotatable bonds is 3. The normalized spacial score (nSPS) is 10.6. The van der Waals surface area contributed by atoms with Crippen molar-refractivity contribution in [2.24, 2.45) is 0 Å². The van der Waals surface area contributed by atoms with E-state index in [4.69, 9.17) is 13.9 Å². The van der Waals surface area contributed by atoms with Crippen molar-refractivity contribution in [2.75, 3.05) is 6.61 Å². The summed E-state index contributed by atoms with van der Waals surface area (Å²) in [5.41, 5.74) is 1.68. The molecule has 122 valence electrons. The van der Waals surface area contributed by atoms with Crippen molar-refractivity contribution in [2.45, 2.75) is 13.8 Å². The van der Waals surface area contributed by atoms with Crippen molar-refractivity contribution < 1.29 is 18.7 Å². The Kier molecular flexibility index (Phi) is 4.33.